The minimum atomic E-state index is -0.144. The Bertz CT molecular complexity index is 578. The zero-order valence-corrected chi connectivity index (χ0v) is 14.0. The van der Waals surface area contributed by atoms with E-state index in [1.807, 2.05) is 18.7 Å². The first kappa shape index (κ1) is 16.0. The largest absolute Gasteiger partial charge is 0.356 e. The Balaban J connectivity index is 1.83. The van der Waals surface area contributed by atoms with Gasteiger partial charge in [-0.2, -0.15) is 0 Å². The molecule has 1 saturated carbocycles. The third-order valence-corrected chi connectivity index (χ3v) is 5.06. The van der Waals surface area contributed by atoms with Gasteiger partial charge in [0.1, 0.15) is 0 Å². The predicted molar refractivity (Wildman–Crippen MR) is 89.8 cm³/mol. The zero-order valence-electron chi connectivity index (χ0n) is 14.0. The molecule has 1 heterocycles. The lowest BCUT2D eigenvalue weighted by molar-refractivity contribution is -0.143. The molecule has 0 aromatic heterocycles. The fourth-order valence-electron chi connectivity index (χ4n) is 3.47. The molecular formula is C19H26N2O2. The summed E-state index contributed by atoms with van der Waals surface area (Å²) in [6.07, 6.45) is 3.57. The van der Waals surface area contributed by atoms with Gasteiger partial charge in [0, 0.05) is 19.5 Å². The van der Waals surface area contributed by atoms with Gasteiger partial charge in [-0.3, -0.25) is 9.59 Å². The van der Waals surface area contributed by atoms with Gasteiger partial charge in [-0.05, 0) is 44.6 Å². The molecule has 0 bridgehead atoms. The molecule has 0 unspecified atom stereocenters. The quantitative estimate of drug-likeness (QED) is 0.908. The fraction of sp³-hybridized carbons (Fsp3) is 0.579. The first-order valence-electron chi connectivity index (χ1n) is 8.74. The normalized spacial score (nSPS) is 24.6. The number of benzene rings is 1. The summed E-state index contributed by atoms with van der Waals surface area (Å²) in [5.74, 6) is 0.788. The number of nitrogens with zero attached hydrogens (tertiary/aromatic N) is 1. The van der Waals surface area contributed by atoms with Crippen LogP contribution in [0.25, 0.3) is 0 Å². The Morgan fingerprint density at radius 1 is 1.22 bits per heavy atom. The van der Waals surface area contributed by atoms with E-state index in [1.165, 1.54) is 18.4 Å². The monoisotopic (exact) mass is 314 g/mol. The molecule has 124 valence electrons. The molecule has 2 amide bonds. The van der Waals surface area contributed by atoms with Gasteiger partial charge in [0.2, 0.25) is 11.8 Å². The highest BCUT2D eigenvalue weighted by atomic mass is 16.2. The van der Waals surface area contributed by atoms with Crippen LogP contribution < -0.4 is 5.32 Å². The van der Waals surface area contributed by atoms with Crippen LogP contribution in [0.15, 0.2) is 24.3 Å². The average Bonchev–Trinajstić information content (AvgIpc) is 3.37. The van der Waals surface area contributed by atoms with E-state index in [2.05, 4.69) is 29.6 Å². The van der Waals surface area contributed by atoms with Crippen LogP contribution in [0.3, 0.4) is 0 Å². The number of carbonyl (C=O) groups is 2. The van der Waals surface area contributed by atoms with E-state index in [4.69, 9.17) is 0 Å². The van der Waals surface area contributed by atoms with Gasteiger partial charge < -0.3 is 10.2 Å². The van der Waals surface area contributed by atoms with Crippen molar-refractivity contribution in [3.05, 3.63) is 35.4 Å². The van der Waals surface area contributed by atoms with Crippen molar-refractivity contribution in [3.63, 3.8) is 0 Å². The Labute approximate surface area is 138 Å². The molecule has 1 N–H and O–H groups in total. The number of amides is 2. The summed E-state index contributed by atoms with van der Waals surface area (Å²) in [7, 11) is 0. The number of rotatable bonds is 5. The molecule has 4 nitrogen and oxygen atoms in total. The predicted octanol–water partition coefficient (Wildman–Crippen LogP) is 2.82. The summed E-state index contributed by atoms with van der Waals surface area (Å²) in [6.45, 7) is 5.47. The van der Waals surface area contributed by atoms with E-state index in [0.717, 1.165) is 12.1 Å². The first-order valence-corrected chi connectivity index (χ1v) is 8.74. The van der Waals surface area contributed by atoms with Crippen LogP contribution in [0.1, 0.15) is 49.8 Å². The number of hydrogen-bond acceptors (Lipinski definition) is 2. The molecule has 2 atom stereocenters. The van der Waals surface area contributed by atoms with Crippen LogP contribution in [-0.2, 0) is 9.59 Å². The maximum absolute atomic E-state index is 12.7. The fourth-order valence-corrected chi connectivity index (χ4v) is 3.47. The van der Waals surface area contributed by atoms with Crippen LogP contribution in [0.5, 0.6) is 0 Å². The second-order valence-electron chi connectivity index (χ2n) is 6.87. The Morgan fingerprint density at radius 2 is 1.91 bits per heavy atom. The minimum absolute atomic E-state index is 0.105. The number of hydrogen-bond donors (Lipinski definition) is 1. The van der Waals surface area contributed by atoms with Crippen molar-refractivity contribution in [2.24, 2.45) is 11.8 Å². The van der Waals surface area contributed by atoms with Gasteiger partial charge in [-0.25, -0.2) is 0 Å². The van der Waals surface area contributed by atoms with E-state index in [0.29, 0.717) is 25.3 Å². The molecule has 2 fully saturated rings. The number of nitrogens with one attached hydrogen (secondary N) is 1. The highest BCUT2D eigenvalue weighted by molar-refractivity contribution is 5.85. The van der Waals surface area contributed by atoms with Gasteiger partial charge in [-0.1, -0.05) is 29.8 Å². The Hall–Kier alpha value is -1.84. The lowest BCUT2D eigenvalue weighted by Crippen LogP contribution is -2.48. The molecule has 1 aromatic carbocycles. The van der Waals surface area contributed by atoms with Crippen molar-refractivity contribution >= 4 is 11.8 Å². The van der Waals surface area contributed by atoms with Gasteiger partial charge in [-0.15, -0.1) is 0 Å². The number of likely N-dealkylation sites (tertiary alicyclic amines) is 1. The smallest absolute Gasteiger partial charge is 0.225 e. The lowest BCUT2D eigenvalue weighted by Gasteiger charge is -2.40. The van der Waals surface area contributed by atoms with Crippen molar-refractivity contribution in [3.8, 4) is 0 Å². The topological polar surface area (TPSA) is 49.4 Å². The van der Waals surface area contributed by atoms with E-state index >= 15 is 0 Å². The van der Waals surface area contributed by atoms with Crippen molar-refractivity contribution in [1.29, 1.82) is 0 Å². The molecule has 1 aromatic rings. The Kier molecular flexibility index (Phi) is 4.69. The summed E-state index contributed by atoms with van der Waals surface area (Å²) in [6, 6.07) is 8.09. The summed E-state index contributed by atoms with van der Waals surface area (Å²) < 4.78 is 0. The molecule has 1 saturated heterocycles. The molecule has 2 aliphatic rings. The van der Waals surface area contributed by atoms with E-state index < -0.39 is 0 Å². The van der Waals surface area contributed by atoms with Crippen molar-refractivity contribution in [1.82, 2.24) is 10.2 Å². The molecule has 4 heteroatoms. The number of piperidine rings is 1. The minimum Gasteiger partial charge on any atom is -0.356 e. The van der Waals surface area contributed by atoms with Crippen LogP contribution in [0, 0.1) is 18.8 Å². The first-order chi connectivity index (χ1) is 11.1. The van der Waals surface area contributed by atoms with Gasteiger partial charge in [0.15, 0.2) is 0 Å². The number of aryl methyl sites for hydroxylation is 1. The summed E-state index contributed by atoms with van der Waals surface area (Å²) in [5, 5.41) is 3.11. The van der Waals surface area contributed by atoms with Gasteiger partial charge in [0.25, 0.3) is 0 Å². The molecule has 0 radical (unpaired) electrons. The van der Waals surface area contributed by atoms with Crippen LogP contribution in [-0.4, -0.2) is 29.8 Å². The van der Waals surface area contributed by atoms with Crippen molar-refractivity contribution in [2.75, 3.05) is 13.1 Å². The van der Waals surface area contributed by atoms with Crippen LogP contribution in [0.4, 0.5) is 0 Å². The maximum Gasteiger partial charge on any atom is 0.225 e. The van der Waals surface area contributed by atoms with Crippen molar-refractivity contribution in [2.45, 2.75) is 45.6 Å². The third kappa shape index (κ3) is 3.57. The SMILES string of the molecule is CCN1C(=O)CC[C@@H](C(=O)NCC2CC2)[C@@H]1c1ccc(C)cc1. The average molecular weight is 314 g/mol. The highest BCUT2D eigenvalue weighted by Crippen LogP contribution is 2.37. The molecule has 1 aliphatic carbocycles. The molecule has 3 rings (SSSR count). The summed E-state index contributed by atoms with van der Waals surface area (Å²) in [5.41, 5.74) is 2.26. The van der Waals surface area contributed by atoms with Gasteiger partial charge in [0.05, 0.1) is 12.0 Å². The molecule has 0 spiro atoms. The summed E-state index contributed by atoms with van der Waals surface area (Å²) in [4.78, 5) is 26.9. The lowest BCUT2D eigenvalue weighted by atomic mass is 9.83. The summed E-state index contributed by atoms with van der Waals surface area (Å²) >= 11 is 0. The van der Waals surface area contributed by atoms with Crippen LogP contribution in [0.2, 0.25) is 0 Å². The van der Waals surface area contributed by atoms with Gasteiger partial charge >= 0.3 is 0 Å². The molecule has 1 aliphatic heterocycles. The highest BCUT2D eigenvalue weighted by Gasteiger charge is 2.40. The molecular weight excluding hydrogens is 288 g/mol. The van der Waals surface area contributed by atoms with E-state index in [9.17, 15) is 9.59 Å². The second-order valence-corrected chi connectivity index (χ2v) is 6.87. The number of carbonyl (C=O) groups excluding carboxylic acids is 2. The van der Waals surface area contributed by atoms with E-state index in [1.54, 1.807) is 0 Å². The van der Waals surface area contributed by atoms with Crippen molar-refractivity contribution < 1.29 is 9.59 Å². The Morgan fingerprint density at radius 3 is 2.52 bits per heavy atom. The zero-order chi connectivity index (χ0) is 16.4. The van der Waals surface area contributed by atoms with Crippen LogP contribution >= 0.6 is 0 Å². The standard InChI is InChI=1S/C19H26N2O2/c1-3-21-17(22)11-10-16(19(23)20-12-14-6-7-14)18(21)15-8-4-13(2)5-9-15/h4-5,8-9,14,16,18H,3,6-7,10-12H2,1-2H3,(H,20,23)/t16-,18+/m1/s1. The second kappa shape index (κ2) is 6.73. The molecule has 23 heavy (non-hydrogen) atoms. The van der Waals surface area contributed by atoms with E-state index in [-0.39, 0.29) is 23.8 Å². The maximum atomic E-state index is 12.7. The third-order valence-electron chi connectivity index (χ3n) is 5.06.